The van der Waals surface area contributed by atoms with E-state index in [1.807, 2.05) is 42.9 Å². The highest BCUT2D eigenvalue weighted by Gasteiger charge is 2.38. The normalized spacial score (nSPS) is 11.2. The highest BCUT2D eigenvalue weighted by molar-refractivity contribution is 6.02. The fourth-order valence-electron chi connectivity index (χ4n) is 5.82. The summed E-state index contributed by atoms with van der Waals surface area (Å²) in [5.74, 6) is 0.478. The molecule has 0 spiro atoms. The van der Waals surface area contributed by atoms with E-state index in [-0.39, 0.29) is 18.3 Å². The number of aromatic nitrogens is 2. The molecule has 49 heavy (non-hydrogen) atoms. The number of esters is 1. The molecule has 0 radical (unpaired) electrons. The maximum atomic E-state index is 12.7. The molecule has 244 valence electrons. The van der Waals surface area contributed by atoms with Crippen LogP contribution in [0.25, 0.3) is 6.08 Å². The smallest absolute Gasteiger partial charge is 0.308 e. The van der Waals surface area contributed by atoms with Gasteiger partial charge in [-0.1, -0.05) is 103 Å². The number of anilines is 1. The van der Waals surface area contributed by atoms with Crippen LogP contribution in [0.1, 0.15) is 34.9 Å². The molecule has 0 saturated heterocycles. The Morgan fingerprint density at radius 3 is 2.00 bits per heavy atom. The molecule has 0 aliphatic carbocycles. The molecule has 0 aliphatic heterocycles. The van der Waals surface area contributed by atoms with Gasteiger partial charge in [-0.25, -0.2) is 4.98 Å². The van der Waals surface area contributed by atoms with Crippen molar-refractivity contribution in [2.75, 3.05) is 12.4 Å². The summed E-state index contributed by atoms with van der Waals surface area (Å²) in [5.41, 5.74) is 4.63. The molecule has 6 aromatic rings. The van der Waals surface area contributed by atoms with Gasteiger partial charge in [0.25, 0.3) is 0 Å². The van der Waals surface area contributed by atoms with E-state index < -0.39 is 11.5 Å². The van der Waals surface area contributed by atoms with Gasteiger partial charge in [0.15, 0.2) is 11.5 Å². The van der Waals surface area contributed by atoms with E-state index in [4.69, 9.17) is 19.2 Å². The Labute approximate surface area is 285 Å². The van der Waals surface area contributed by atoms with Gasteiger partial charge in [-0.2, -0.15) is 0 Å². The SMILES string of the molecule is COc1ccc(C=CC(=O)Nc2cccc(OCc3cn(C(c4ccccc4)(c4ccccc4)c4ccccc4)cn3)c2)cc1OC(C)=O. The van der Waals surface area contributed by atoms with Crippen LogP contribution >= 0.6 is 0 Å². The molecule has 0 saturated carbocycles. The summed E-state index contributed by atoms with van der Waals surface area (Å²) in [5, 5.41) is 2.86. The van der Waals surface area contributed by atoms with Crippen molar-refractivity contribution in [1.29, 1.82) is 0 Å². The molecule has 0 atom stereocenters. The third kappa shape index (κ3) is 7.44. The molecule has 0 fully saturated rings. The van der Waals surface area contributed by atoms with Gasteiger partial charge in [-0.15, -0.1) is 0 Å². The number of amides is 1. The lowest BCUT2D eigenvalue weighted by Gasteiger charge is -2.37. The van der Waals surface area contributed by atoms with Crippen molar-refractivity contribution in [2.24, 2.45) is 0 Å². The highest BCUT2D eigenvalue weighted by Crippen LogP contribution is 2.41. The number of methoxy groups -OCH3 is 1. The first-order chi connectivity index (χ1) is 23.9. The summed E-state index contributed by atoms with van der Waals surface area (Å²) in [7, 11) is 1.49. The molecule has 0 bridgehead atoms. The van der Waals surface area contributed by atoms with Crippen LogP contribution in [0, 0.1) is 0 Å². The van der Waals surface area contributed by atoms with E-state index in [9.17, 15) is 9.59 Å². The number of hydrogen-bond acceptors (Lipinski definition) is 6. The Balaban J connectivity index is 1.19. The van der Waals surface area contributed by atoms with Crippen LogP contribution in [0.5, 0.6) is 17.2 Å². The Bertz CT molecular complexity index is 1960. The molecule has 1 aromatic heterocycles. The molecule has 1 N–H and O–H groups in total. The lowest BCUT2D eigenvalue weighted by molar-refractivity contribution is -0.132. The summed E-state index contributed by atoms with van der Waals surface area (Å²) in [6, 6.07) is 43.5. The van der Waals surface area contributed by atoms with Crippen molar-refractivity contribution in [3.05, 3.63) is 180 Å². The standard InChI is InChI=1S/C41H35N3O5/c1-30(45)49-39-25-31(21-23-38(39)47-2)22-24-40(46)43-35-19-12-20-37(26-35)48-28-36-27-44(29-42-36)41(32-13-6-3-7-14-32,33-15-8-4-9-16-33)34-17-10-5-11-18-34/h3-27,29H,28H2,1-2H3,(H,43,46). The van der Waals surface area contributed by atoms with Crippen LogP contribution in [0.2, 0.25) is 0 Å². The van der Waals surface area contributed by atoms with Gasteiger partial charge >= 0.3 is 5.97 Å². The summed E-state index contributed by atoms with van der Waals surface area (Å²) >= 11 is 0. The fraction of sp³-hybridized carbons (Fsp3) is 0.0976. The Morgan fingerprint density at radius 1 is 0.776 bits per heavy atom. The highest BCUT2D eigenvalue weighted by atomic mass is 16.6. The zero-order chi connectivity index (χ0) is 34.1. The van der Waals surface area contributed by atoms with E-state index >= 15 is 0 Å². The number of nitrogens with one attached hydrogen (secondary N) is 1. The van der Waals surface area contributed by atoms with E-state index in [2.05, 4.69) is 82.7 Å². The fourth-order valence-corrected chi connectivity index (χ4v) is 5.82. The van der Waals surface area contributed by atoms with E-state index in [1.165, 1.54) is 20.1 Å². The monoisotopic (exact) mass is 649 g/mol. The summed E-state index contributed by atoms with van der Waals surface area (Å²) < 4.78 is 18.7. The van der Waals surface area contributed by atoms with Crippen LogP contribution < -0.4 is 19.5 Å². The number of rotatable bonds is 12. The van der Waals surface area contributed by atoms with Gasteiger partial charge in [0, 0.05) is 31.0 Å². The average Bonchev–Trinajstić information content (AvgIpc) is 3.61. The van der Waals surface area contributed by atoms with Crippen LogP contribution in [-0.2, 0) is 21.7 Å². The summed E-state index contributed by atoms with van der Waals surface area (Å²) in [6.07, 6.45) is 6.90. The van der Waals surface area contributed by atoms with E-state index in [1.54, 1.807) is 36.4 Å². The van der Waals surface area contributed by atoms with Gasteiger partial charge in [-0.05, 0) is 52.6 Å². The molecular formula is C41H35N3O5. The van der Waals surface area contributed by atoms with E-state index in [0.29, 0.717) is 22.7 Å². The molecule has 1 heterocycles. The molecular weight excluding hydrogens is 614 g/mol. The third-order valence-electron chi connectivity index (χ3n) is 7.95. The predicted molar refractivity (Wildman–Crippen MR) is 190 cm³/mol. The number of carbonyl (C=O) groups excluding carboxylic acids is 2. The van der Waals surface area contributed by atoms with Gasteiger partial charge in [0.1, 0.15) is 17.9 Å². The second-order valence-corrected chi connectivity index (χ2v) is 11.2. The summed E-state index contributed by atoms with van der Waals surface area (Å²) in [4.78, 5) is 28.9. The largest absolute Gasteiger partial charge is 0.493 e. The quantitative estimate of drug-likeness (QED) is 0.0628. The number of carbonyl (C=O) groups is 2. The van der Waals surface area contributed by atoms with E-state index in [0.717, 1.165) is 22.4 Å². The Morgan fingerprint density at radius 2 is 1.41 bits per heavy atom. The van der Waals surface area contributed by atoms with Crippen LogP contribution in [0.3, 0.4) is 0 Å². The topological polar surface area (TPSA) is 91.7 Å². The van der Waals surface area contributed by atoms with Gasteiger partial charge < -0.3 is 24.1 Å². The lowest BCUT2D eigenvalue weighted by Crippen LogP contribution is -2.36. The Hall–Kier alpha value is -6.41. The molecule has 0 aliphatic rings. The summed E-state index contributed by atoms with van der Waals surface area (Å²) in [6.45, 7) is 1.54. The van der Waals surface area contributed by atoms with Crippen molar-refractivity contribution < 1.29 is 23.8 Å². The second kappa shape index (κ2) is 15.0. The Kier molecular flexibility index (Phi) is 9.96. The minimum absolute atomic E-state index is 0.223. The minimum Gasteiger partial charge on any atom is -0.493 e. The number of nitrogens with zero attached hydrogens (tertiary/aromatic N) is 2. The maximum absolute atomic E-state index is 12.7. The first-order valence-corrected chi connectivity index (χ1v) is 15.7. The van der Waals surface area contributed by atoms with Crippen molar-refractivity contribution in [2.45, 2.75) is 19.1 Å². The van der Waals surface area contributed by atoms with Crippen molar-refractivity contribution in [1.82, 2.24) is 9.55 Å². The number of hydrogen-bond donors (Lipinski definition) is 1. The van der Waals surface area contributed by atoms with Crippen molar-refractivity contribution in [3.8, 4) is 17.2 Å². The number of imidazole rings is 1. The minimum atomic E-state index is -0.666. The molecule has 8 nitrogen and oxygen atoms in total. The zero-order valence-corrected chi connectivity index (χ0v) is 27.2. The van der Waals surface area contributed by atoms with Crippen LogP contribution in [0.4, 0.5) is 5.69 Å². The lowest BCUT2D eigenvalue weighted by atomic mass is 9.77. The average molecular weight is 650 g/mol. The third-order valence-corrected chi connectivity index (χ3v) is 7.95. The molecule has 0 unspecified atom stereocenters. The maximum Gasteiger partial charge on any atom is 0.308 e. The molecule has 6 rings (SSSR count). The predicted octanol–water partition coefficient (Wildman–Crippen LogP) is 7.89. The number of benzene rings is 5. The van der Waals surface area contributed by atoms with Gasteiger partial charge in [0.2, 0.25) is 5.91 Å². The van der Waals surface area contributed by atoms with Gasteiger partial charge in [0.05, 0.1) is 19.1 Å². The van der Waals surface area contributed by atoms with Gasteiger partial charge in [-0.3, -0.25) is 9.59 Å². The molecule has 5 aromatic carbocycles. The molecule has 8 heteroatoms. The molecule has 1 amide bonds. The van der Waals surface area contributed by atoms with Crippen LogP contribution in [0.15, 0.2) is 152 Å². The first-order valence-electron chi connectivity index (χ1n) is 15.7. The van der Waals surface area contributed by atoms with Crippen molar-refractivity contribution in [3.63, 3.8) is 0 Å². The number of ether oxygens (including phenoxy) is 3. The zero-order valence-electron chi connectivity index (χ0n) is 27.2. The van der Waals surface area contributed by atoms with Crippen LogP contribution in [-0.4, -0.2) is 28.5 Å². The van der Waals surface area contributed by atoms with Crippen molar-refractivity contribution >= 4 is 23.6 Å². The first kappa shape index (κ1) is 32.5. The second-order valence-electron chi connectivity index (χ2n) is 11.2.